The normalized spacial score (nSPS) is 14.2. The number of fused-ring (bicyclic) bond motifs is 3. The third kappa shape index (κ3) is 4.72. The summed E-state index contributed by atoms with van der Waals surface area (Å²) in [7, 11) is 0. The molecule has 0 bridgehead atoms. The van der Waals surface area contributed by atoms with E-state index in [1.165, 1.54) is 54.9 Å². The van der Waals surface area contributed by atoms with E-state index in [9.17, 15) is 9.90 Å². The van der Waals surface area contributed by atoms with Crippen LogP contribution in [0.2, 0.25) is 0 Å². The largest absolute Gasteiger partial charge is 0.481 e. The fourth-order valence-corrected chi connectivity index (χ4v) is 6.34. The number of aliphatic carboxylic acids is 1. The summed E-state index contributed by atoms with van der Waals surface area (Å²) in [5.41, 5.74) is 10.8. The topological polar surface area (TPSA) is 37.3 Å². The first kappa shape index (κ1) is 25.0. The Balaban J connectivity index is 1.51. The number of rotatable bonds is 5. The van der Waals surface area contributed by atoms with Gasteiger partial charge in [-0.1, -0.05) is 115 Å². The summed E-state index contributed by atoms with van der Waals surface area (Å²) in [6.45, 7) is 0. The molecule has 0 radical (unpaired) electrons. The van der Waals surface area contributed by atoms with Crippen molar-refractivity contribution in [3.05, 3.63) is 144 Å². The van der Waals surface area contributed by atoms with E-state index < -0.39 is 5.97 Å². The summed E-state index contributed by atoms with van der Waals surface area (Å²) in [6, 6.07) is 30.2. The number of carboxylic acids is 1. The van der Waals surface area contributed by atoms with E-state index in [1.54, 1.807) is 0 Å². The van der Waals surface area contributed by atoms with Gasteiger partial charge in [0.05, 0.1) is 6.42 Å². The number of carbonyl (C=O) groups is 1. The van der Waals surface area contributed by atoms with Crippen LogP contribution >= 0.6 is 0 Å². The van der Waals surface area contributed by atoms with Gasteiger partial charge < -0.3 is 5.11 Å². The van der Waals surface area contributed by atoms with Crippen molar-refractivity contribution in [3.63, 3.8) is 0 Å². The Morgan fingerprint density at radius 1 is 0.707 bits per heavy atom. The summed E-state index contributed by atoms with van der Waals surface area (Å²) in [5.74, 6) is -0.814. The summed E-state index contributed by atoms with van der Waals surface area (Å²) < 4.78 is 0. The van der Waals surface area contributed by atoms with Crippen LogP contribution in [0.4, 0.5) is 0 Å². The van der Waals surface area contributed by atoms with Crippen LogP contribution in [0.25, 0.3) is 55.4 Å². The Morgan fingerprint density at radius 2 is 1.51 bits per heavy atom. The molecule has 5 aromatic rings. The van der Waals surface area contributed by atoms with Crippen LogP contribution in [0.5, 0.6) is 0 Å². The number of benzene rings is 5. The Morgan fingerprint density at radius 3 is 2.37 bits per heavy atom. The Hall–Kier alpha value is -4.95. The van der Waals surface area contributed by atoms with E-state index in [0.29, 0.717) is 0 Å². The lowest BCUT2D eigenvalue weighted by molar-refractivity contribution is -0.136. The fourth-order valence-electron chi connectivity index (χ4n) is 6.34. The van der Waals surface area contributed by atoms with Gasteiger partial charge in [0.1, 0.15) is 0 Å². The standard InChI is InChI=1S/C39H30O2/c40-37(41)23-26-15-17-28(18-16-26)31-21-22-35-36(25-31)38(29-10-3-1-2-4-11-29)33-13-7-8-14-34(33)39(35)32-20-19-27-9-5-6-12-30(27)24-32/h1,3-7,9-13,15-22,24-25H,2,8,14,23H2,(H,40,41). The lowest BCUT2D eigenvalue weighted by Crippen LogP contribution is -2.04. The molecule has 0 saturated carbocycles. The average Bonchev–Trinajstić information content (AvgIpc) is 3.29. The van der Waals surface area contributed by atoms with E-state index in [2.05, 4.69) is 103 Å². The number of allylic oxidation sites excluding steroid dienone is 7. The first-order valence-corrected chi connectivity index (χ1v) is 14.3. The van der Waals surface area contributed by atoms with E-state index in [0.717, 1.165) is 36.0 Å². The van der Waals surface area contributed by atoms with Gasteiger partial charge >= 0.3 is 5.97 Å². The minimum atomic E-state index is -0.814. The molecule has 198 valence electrons. The summed E-state index contributed by atoms with van der Waals surface area (Å²) >= 11 is 0. The molecule has 0 saturated heterocycles. The van der Waals surface area contributed by atoms with Crippen molar-refractivity contribution in [2.24, 2.45) is 0 Å². The zero-order valence-corrected chi connectivity index (χ0v) is 22.8. The minimum Gasteiger partial charge on any atom is -0.481 e. The predicted octanol–water partition coefficient (Wildman–Crippen LogP) is 9.81. The van der Waals surface area contributed by atoms with E-state index in [4.69, 9.17) is 0 Å². The minimum absolute atomic E-state index is 0.0315. The molecule has 2 aliphatic carbocycles. The van der Waals surface area contributed by atoms with Gasteiger partial charge in [-0.3, -0.25) is 4.79 Å². The predicted molar refractivity (Wildman–Crippen MR) is 172 cm³/mol. The van der Waals surface area contributed by atoms with Crippen LogP contribution in [-0.2, 0) is 17.6 Å². The quantitative estimate of drug-likeness (QED) is 0.245. The zero-order valence-electron chi connectivity index (χ0n) is 22.8. The van der Waals surface area contributed by atoms with Crippen LogP contribution < -0.4 is 0 Å². The van der Waals surface area contributed by atoms with Crippen LogP contribution in [0.1, 0.15) is 35.1 Å². The molecule has 7 rings (SSSR count). The van der Waals surface area contributed by atoms with Gasteiger partial charge in [0.2, 0.25) is 0 Å². The van der Waals surface area contributed by atoms with Crippen molar-refractivity contribution in [3.8, 4) is 22.3 Å². The monoisotopic (exact) mass is 530 g/mol. The SMILES string of the molecule is O=C(O)Cc1ccc(-c2ccc3c(-c4ccc5ccccc5c4)c4c(c(C5=CC=CCC=C5)c3c2)C=CCC4)cc1. The highest BCUT2D eigenvalue weighted by atomic mass is 16.4. The molecule has 0 aromatic heterocycles. The van der Waals surface area contributed by atoms with E-state index in [1.807, 2.05) is 24.3 Å². The third-order valence-corrected chi connectivity index (χ3v) is 8.25. The molecule has 0 aliphatic heterocycles. The Bertz CT molecular complexity index is 1950. The highest BCUT2D eigenvalue weighted by molar-refractivity contribution is 6.10. The molecular formula is C39H30O2. The van der Waals surface area contributed by atoms with Gasteiger partial charge in [-0.25, -0.2) is 0 Å². The molecule has 0 fully saturated rings. The molecule has 1 N–H and O–H groups in total. The van der Waals surface area contributed by atoms with Crippen molar-refractivity contribution < 1.29 is 9.90 Å². The molecule has 0 amide bonds. The lowest BCUT2D eigenvalue weighted by atomic mass is 9.79. The first-order valence-electron chi connectivity index (χ1n) is 14.3. The summed E-state index contributed by atoms with van der Waals surface area (Å²) in [6.07, 6.45) is 18.8. The fraction of sp³-hybridized carbons (Fsp3) is 0.103. The van der Waals surface area contributed by atoms with Gasteiger partial charge in [-0.05, 0) is 103 Å². The molecule has 2 nitrogen and oxygen atoms in total. The third-order valence-electron chi connectivity index (χ3n) is 8.25. The van der Waals surface area contributed by atoms with Crippen molar-refractivity contribution >= 4 is 39.2 Å². The Kier molecular flexibility index (Phi) is 6.45. The lowest BCUT2D eigenvalue weighted by Gasteiger charge is -2.24. The molecule has 2 heteroatoms. The number of hydrogen-bond donors (Lipinski definition) is 1. The van der Waals surface area contributed by atoms with Crippen LogP contribution in [-0.4, -0.2) is 11.1 Å². The van der Waals surface area contributed by atoms with Crippen molar-refractivity contribution in [2.45, 2.75) is 25.7 Å². The Labute approximate surface area is 240 Å². The van der Waals surface area contributed by atoms with Gasteiger partial charge in [0.15, 0.2) is 0 Å². The van der Waals surface area contributed by atoms with Crippen molar-refractivity contribution in [1.82, 2.24) is 0 Å². The smallest absolute Gasteiger partial charge is 0.307 e. The zero-order chi connectivity index (χ0) is 27.8. The van der Waals surface area contributed by atoms with E-state index >= 15 is 0 Å². The maximum atomic E-state index is 11.2. The molecule has 2 aliphatic rings. The van der Waals surface area contributed by atoms with Gasteiger partial charge in [-0.2, -0.15) is 0 Å². The summed E-state index contributed by atoms with van der Waals surface area (Å²) in [4.78, 5) is 11.2. The van der Waals surface area contributed by atoms with Crippen LogP contribution in [0, 0.1) is 0 Å². The highest BCUT2D eigenvalue weighted by Gasteiger charge is 2.22. The second kappa shape index (κ2) is 10.6. The first-order chi connectivity index (χ1) is 20.2. The maximum Gasteiger partial charge on any atom is 0.307 e. The number of carboxylic acid groups (broad SMARTS) is 1. The van der Waals surface area contributed by atoms with Gasteiger partial charge in [0, 0.05) is 0 Å². The van der Waals surface area contributed by atoms with Crippen molar-refractivity contribution in [2.75, 3.05) is 0 Å². The summed E-state index contributed by atoms with van der Waals surface area (Å²) in [5, 5.41) is 14.2. The average molecular weight is 531 g/mol. The molecule has 41 heavy (non-hydrogen) atoms. The second-order valence-corrected chi connectivity index (χ2v) is 10.9. The van der Waals surface area contributed by atoms with E-state index in [-0.39, 0.29) is 6.42 Å². The molecule has 5 aromatic carbocycles. The molecular weight excluding hydrogens is 500 g/mol. The van der Waals surface area contributed by atoms with Crippen LogP contribution in [0.15, 0.2) is 121 Å². The van der Waals surface area contributed by atoms with Crippen LogP contribution in [0.3, 0.4) is 0 Å². The molecule has 0 atom stereocenters. The second-order valence-electron chi connectivity index (χ2n) is 10.9. The van der Waals surface area contributed by atoms with Gasteiger partial charge in [-0.15, -0.1) is 0 Å². The molecule has 0 unspecified atom stereocenters. The number of hydrogen-bond acceptors (Lipinski definition) is 1. The highest BCUT2D eigenvalue weighted by Crippen LogP contribution is 2.45. The molecule has 0 heterocycles. The van der Waals surface area contributed by atoms with Crippen molar-refractivity contribution in [1.29, 1.82) is 0 Å². The van der Waals surface area contributed by atoms with Gasteiger partial charge in [0.25, 0.3) is 0 Å². The molecule has 0 spiro atoms. The maximum absolute atomic E-state index is 11.2.